The van der Waals surface area contributed by atoms with Gasteiger partial charge in [-0.05, 0) is 18.6 Å². The van der Waals surface area contributed by atoms with E-state index in [4.69, 9.17) is 5.11 Å². The highest BCUT2D eigenvalue weighted by atomic mass is 19.2. The first-order chi connectivity index (χ1) is 5.57. The van der Waals surface area contributed by atoms with Crippen LogP contribution >= 0.6 is 0 Å². The predicted octanol–water partition coefficient (Wildman–Crippen LogP) is 1.79. The summed E-state index contributed by atoms with van der Waals surface area (Å²) >= 11 is 0. The van der Waals surface area contributed by atoms with Crippen molar-refractivity contribution in [3.8, 4) is 5.75 Å². The molecular formula is C8H6F2O2. The SMILES string of the molecule is Cc1cc(C=O)c(O)c(F)c1F. The van der Waals surface area contributed by atoms with Crippen LogP contribution in [0.3, 0.4) is 0 Å². The van der Waals surface area contributed by atoms with Crippen LogP contribution in [-0.4, -0.2) is 11.4 Å². The van der Waals surface area contributed by atoms with Gasteiger partial charge in [0.1, 0.15) is 0 Å². The average molecular weight is 172 g/mol. The lowest BCUT2D eigenvalue weighted by Gasteiger charge is -2.02. The fourth-order valence-corrected chi connectivity index (χ4v) is 0.859. The Labute approximate surface area is 67.4 Å². The van der Waals surface area contributed by atoms with Gasteiger partial charge in [-0.2, -0.15) is 4.39 Å². The Hall–Kier alpha value is -1.45. The second-order valence-corrected chi connectivity index (χ2v) is 2.38. The van der Waals surface area contributed by atoms with Gasteiger partial charge in [0.25, 0.3) is 0 Å². The molecule has 0 bridgehead atoms. The lowest BCUT2D eigenvalue weighted by Crippen LogP contribution is -1.94. The molecule has 2 nitrogen and oxygen atoms in total. The molecule has 0 aliphatic rings. The maximum absolute atomic E-state index is 12.7. The number of carbonyl (C=O) groups excluding carboxylic acids is 1. The molecule has 12 heavy (non-hydrogen) atoms. The summed E-state index contributed by atoms with van der Waals surface area (Å²) < 4.78 is 25.3. The zero-order chi connectivity index (χ0) is 9.30. The Kier molecular flexibility index (Phi) is 2.08. The van der Waals surface area contributed by atoms with E-state index in [0.29, 0.717) is 0 Å². The van der Waals surface area contributed by atoms with Crippen LogP contribution in [0.4, 0.5) is 8.78 Å². The summed E-state index contributed by atoms with van der Waals surface area (Å²) in [4.78, 5) is 10.2. The van der Waals surface area contributed by atoms with Crippen molar-refractivity contribution in [1.82, 2.24) is 0 Å². The fraction of sp³-hybridized carbons (Fsp3) is 0.125. The molecule has 0 radical (unpaired) electrons. The maximum Gasteiger partial charge on any atom is 0.201 e. The summed E-state index contributed by atoms with van der Waals surface area (Å²) in [6.45, 7) is 1.31. The summed E-state index contributed by atoms with van der Waals surface area (Å²) in [6.07, 6.45) is 0.269. The van der Waals surface area contributed by atoms with Gasteiger partial charge in [0.05, 0.1) is 5.56 Å². The summed E-state index contributed by atoms with van der Waals surface area (Å²) in [5.74, 6) is -3.44. The molecule has 4 heteroatoms. The van der Waals surface area contributed by atoms with Crippen LogP contribution in [0.15, 0.2) is 6.07 Å². The number of rotatable bonds is 1. The van der Waals surface area contributed by atoms with Gasteiger partial charge < -0.3 is 5.11 Å². The molecule has 1 N–H and O–H groups in total. The smallest absolute Gasteiger partial charge is 0.201 e. The number of halogens is 2. The largest absolute Gasteiger partial charge is 0.504 e. The van der Waals surface area contributed by atoms with Crippen molar-refractivity contribution >= 4 is 6.29 Å². The van der Waals surface area contributed by atoms with Crippen molar-refractivity contribution in [3.05, 3.63) is 28.8 Å². The minimum atomic E-state index is -1.38. The molecule has 0 amide bonds. The maximum atomic E-state index is 12.7. The van der Waals surface area contributed by atoms with Crippen LogP contribution in [0, 0.1) is 18.6 Å². The number of benzene rings is 1. The Balaban J connectivity index is 3.49. The third-order valence-corrected chi connectivity index (χ3v) is 1.52. The molecule has 0 heterocycles. The van der Waals surface area contributed by atoms with Gasteiger partial charge >= 0.3 is 0 Å². The van der Waals surface area contributed by atoms with Crippen molar-refractivity contribution in [2.24, 2.45) is 0 Å². The molecule has 0 saturated heterocycles. The topological polar surface area (TPSA) is 37.3 Å². The molecule has 0 aliphatic carbocycles. The molecule has 0 atom stereocenters. The lowest BCUT2D eigenvalue weighted by molar-refractivity contribution is 0.112. The first kappa shape index (κ1) is 8.64. The van der Waals surface area contributed by atoms with Gasteiger partial charge in [0.2, 0.25) is 5.82 Å². The van der Waals surface area contributed by atoms with Crippen molar-refractivity contribution in [1.29, 1.82) is 0 Å². The Morgan fingerprint density at radius 1 is 1.42 bits per heavy atom. The molecular weight excluding hydrogens is 166 g/mol. The Morgan fingerprint density at radius 3 is 2.50 bits per heavy atom. The van der Waals surface area contributed by atoms with Crippen LogP contribution < -0.4 is 0 Å². The van der Waals surface area contributed by atoms with Crippen LogP contribution in [0.25, 0.3) is 0 Å². The highest BCUT2D eigenvalue weighted by Crippen LogP contribution is 2.24. The molecule has 0 aromatic heterocycles. The quantitative estimate of drug-likeness (QED) is 0.655. The molecule has 0 spiro atoms. The van der Waals surface area contributed by atoms with Crippen LogP contribution in [0.2, 0.25) is 0 Å². The van der Waals surface area contributed by atoms with Crippen LogP contribution in [0.5, 0.6) is 5.75 Å². The van der Waals surface area contributed by atoms with E-state index in [0.717, 1.165) is 6.07 Å². The van der Waals surface area contributed by atoms with Gasteiger partial charge in [-0.1, -0.05) is 0 Å². The minimum Gasteiger partial charge on any atom is -0.504 e. The first-order valence-electron chi connectivity index (χ1n) is 3.20. The highest BCUT2D eigenvalue weighted by molar-refractivity contribution is 5.79. The van der Waals surface area contributed by atoms with E-state index in [-0.39, 0.29) is 17.4 Å². The molecule has 0 saturated carbocycles. The molecule has 0 aliphatic heterocycles. The van der Waals surface area contributed by atoms with E-state index < -0.39 is 17.4 Å². The van der Waals surface area contributed by atoms with Crippen molar-refractivity contribution in [2.45, 2.75) is 6.92 Å². The zero-order valence-corrected chi connectivity index (χ0v) is 6.27. The number of hydrogen-bond acceptors (Lipinski definition) is 2. The molecule has 64 valence electrons. The van der Waals surface area contributed by atoms with Crippen molar-refractivity contribution in [3.63, 3.8) is 0 Å². The fourth-order valence-electron chi connectivity index (χ4n) is 0.859. The second-order valence-electron chi connectivity index (χ2n) is 2.38. The van der Waals surface area contributed by atoms with Gasteiger partial charge in [-0.25, -0.2) is 4.39 Å². The summed E-state index contributed by atoms with van der Waals surface area (Å²) in [5.41, 5.74) is -0.251. The van der Waals surface area contributed by atoms with E-state index in [1.54, 1.807) is 0 Å². The molecule has 1 aromatic carbocycles. The summed E-state index contributed by atoms with van der Waals surface area (Å²) in [6, 6.07) is 1.08. The highest BCUT2D eigenvalue weighted by Gasteiger charge is 2.14. The summed E-state index contributed by atoms with van der Waals surface area (Å²) in [5, 5.41) is 8.86. The second kappa shape index (κ2) is 2.89. The number of aldehydes is 1. The summed E-state index contributed by atoms with van der Waals surface area (Å²) in [7, 11) is 0. The lowest BCUT2D eigenvalue weighted by atomic mass is 10.1. The third kappa shape index (κ3) is 1.15. The Morgan fingerprint density at radius 2 is 2.00 bits per heavy atom. The molecule has 0 fully saturated rings. The van der Waals surface area contributed by atoms with Crippen molar-refractivity contribution in [2.75, 3.05) is 0 Å². The molecule has 1 aromatic rings. The number of phenolic OH excluding ortho intramolecular Hbond substituents is 1. The van der Waals surface area contributed by atoms with Gasteiger partial charge in [-0.15, -0.1) is 0 Å². The number of hydrogen-bond donors (Lipinski definition) is 1. The zero-order valence-electron chi connectivity index (χ0n) is 6.27. The van der Waals surface area contributed by atoms with Crippen molar-refractivity contribution < 1.29 is 18.7 Å². The average Bonchev–Trinajstić information content (AvgIpc) is 2.08. The minimum absolute atomic E-state index is 0.00704. The van der Waals surface area contributed by atoms with E-state index in [1.165, 1.54) is 6.92 Å². The third-order valence-electron chi connectivity index (χ3n) is 1.52. The van der Waals surface area contributed by atoms with E-state index >= 15 is 0 Å². The first-order valence-corrected chi connectivity index (χ1v) is 3.20. The van der Waals surface area contributed by atoms with Crippen LogP contribution in [0.1, 0.15) is 15.9 Å². The van der Waals surface area contributed by atoms with E-state index in [1.807, 2.05) is 0 Å². The van der Waals surface area contributed by atoms with Gasteiger partial charge in [0.15, 0.2) is 17.9 Å². The number of aromatic hydroxyl groups is 1. The number of aryl methyl sites for hydroxylation is 1. The number of phenols is 1. The normalized spacial score (nSPS) is 9.92. The molecule has 1 rings (SSSR count). The predicted molar refractivity (Wildman–Crippen MR) is 38.1 cm³/mol. The number of carbonyl (C=O) groups is 1. The van der Waals surface area contributed by atoms with Gasteiger partial charge in [0, 0.05) is 0 Å². The Bertz CT molecular complexity index is 334. The standard InChI is InChI=1S/C8H6F2O2/c1-4-2-5(3-11)8(12)7(10)6(4)9/h2-3,12H,1H3. The molecule has 0 unspecified atom stereocenters. The van der Waals surface area contributed by atoms with Gasteiger partial charge in [-0.3, -0.25) is 4.79 Å². The monoisotopic (exact) mass is 172 g/mol. The van der Waals surface area contributed by atoms with Crippen LogP contribution in [-0.2, 0) is 0 Å². The van der Waals surface area contributed by atoms with E-state index in [2.05, 4.69) is 0 Å². The van der Waals surface area contributed by atoms with E-state index in [9.17, 15) is 13.6 Å².